The highest BCUT2D eigenvalue weighted by molar-refractivity contribution is 7.59. The van der Waals surface area contributed by atoms with E-state index in [2.05, 4.69) is 10.1 Å². The molecule has 0 aliphatic heterocycles. The Hall–Kier alpha value is -1.92. The number of hydrogen-bond acceptors (Lipinski definition) is 3. The summed E-state index contributed by atoms with van der Waals surface area (Å²) in [5, 5.41) is 4.47. The molecule has 0 aliphatic carbocycles. The number of benzene rings is 1. The van der Waals surface area contributed by atoms with Crippen molar-refractivity contribution in [2.75, 3.05) is 0 Å². The van der Waals surface area contributed by atoms with Crippen LogP contribution in [0.4, 0.5) is 4.39 Å². The van der Waals surface area contributed by atoms with Crippen LogP contribution in [0.15, 0.2) is 42.7 Å². The zero-order valence-electron chi connectivity index (χ0n) is 11.6. The number of aromatic nitrogens is 3. The third kappa shape index (κ3) is 3.13. The van der Waals surface area contributed by atoms with Crippen molar-refractivity contribution in [3.8, 4) is 11.3 Å². The van der Waals surface area contributed by atoms with Crippen LogP contribution in [-0.2, 0) is 0 Å². The van der Waals surface area contributed by atoms with E-state index >= 15 is 0 Å². The van der Waals surface area contributed by atoms with Crippen LogP contribution in [-0.4, -0.2) is 14.6 Å². The van der Waals surface area contributed by atoms with Crippen LogP contribution in [0, 0.1) is 5.82 Å². The number of hydrogen-bond donors (Lipinski definition) is 1. The molecule has 0 amide bonds. The van der Waals surface area contributed by atoms with Gasteiger partial charge in [-0.3, -0.25) is 0 Å². The SMILES string of the molecule is C.CC[C@@H](N)c1cc2nccn2nc1-c1ccccc1F.S. The normalized spacial score (nSPS) is 11.6. The quantitative estimate of drug-likeness (QED) is 0.800. The van der Waals surface area contributed by atoms with E-state index in [1.165, 1.54) is 6.07 Å². The summed E-state index contributed by atoms with van der Waals surface area (Å²) in [5.41, 5.74) is 8.70. The maximum absolute atomic E-state index is 14.0. The van der Waals surface area contributed by atoms with Crippen LogP contribution in [0.3, 0.4) is 0 Å². The third-order valence-corrected chi connectivity index (χ3v) is 3.38. The molecule has 3 aromatic rings. The first-order valence-electron chi connectivity index (χ1n) is 6.55. The standard InChI is InChI=1S/C15H15FN4.CH4.H2S/c1-2-13(17)11-9-14-18-7-8-20(14)19-15(11)10-5-3-4-6-12(10)16;;/h3-9,13H,2,17H2,1H3;1H4;1H2/t13-;;/m1../s1. The Labute approximate surface area is 136 Å². The lowest BCUT2D eigenvalue weighted by Crippen LogP contribution is -2.13. The van der Waals surface area contributed by atoms with Gasteiger partial charge in [0.05, 0.1) is 5.69 Å². The van der Waals surface area contributed by atoms with Crippen molar-refractivity contribution in [3.63, 3.8) is 0 Å². The molecule has 4 nitrogen and oxygen atoms in total. The van der Waals surface area contributed by atoms with E-state index < -0.39 is 0 Å². The highest BCUT2D eigenvalue weighted by atomic mass is 32.1. The summed E-state index contributed by atoms with van der Waals surface area (Å²) in [7, 11) is 0. The molecule has 6 heteroatoms. The maximum Gasteiger partial charge on any atom is 0.153 e. The average molecular weight is 320 g/mol. The van der Waals surface area contributed by atoms with Gasteiger partial charge in [0, 0.05) is 29.6 Å². The molecule has 2 aromatic heterocycles. The summed E-state index contributed by atoms with van der Waals surface area (Å²) in [6, 6.07) is 8.28. The van der Waals surface area contributed by atoms with Gasteiger partial charge in [-0.2, -0.15) is 18.6 Å². The molecular formula is C16H21FN4S. The summed E-state index contributed by atoms with van der Waals surface area (Å²) in [6.07, 6.45) is 4.15. The van der Waals surface area contributed by atoms with Crippen LogP contribution in [0.25, 0.3) is 16.9 Å². The Kier molecular flexibility index (Phi) is 6.08. The number of imidazole rings is 1. The summed E-state index contributed by atoms with van der Waals surface area (Å²) < 4.78 is 15.7. The Morgan fingerprint density at radius 2 is 2.05 bits per heavy atom. The monoisotopic (exact) mass is 320 g/mol. The van der Waals surface area contributed by atoms with Crippen molar-refractivity contribution in [2.45, 2.75) is 26.8 Å². The fraction of sp³-hybridized carbons (Fsp3) is 0.250. The van der Waals surface area contributed by atoms with Gasteiger partial charge in [-0.05, 0) is 24.6 Å². The molecule has 1 atom stereocenters. The van der Waals surface area contributed by atoms with Gasteiger partial charge in [0.2, 0.25) is 0 Å². The molecule has 2 heterocycles. The number of rotatable bonds is 3. The van der Waals surface area contributed by atoms with Crippen LogP contribution in [0.2, 0.25) is 0 Å². The molecule has 22 heavy (non-hydrogen) atoms. The second-order valence-corrected chi connectivity index (χ2v) is 4.67. The minimum absolute atomic E-state index is 0. The van der Waals surface area contributed by atoms with E-state index in [0.717, 1.165) is 12.0 Å². The highest BCUT2D eigenvalue weighted by Gasteiger charge is 2.17. The lowest BCUT2D eigenvalue weighted by atomic mass is 9.99. The van der Waals surface area contributed by atoms with Gasteiger partial charge in [-0.1, -0.05) is 26.5 Å². The molecule has 2 N–H and O–H groups in total. The summed E-state index contributed by atoms with van der Waals surface area (Å²) in [4.78, 5) is 4.20. The zero-order chi connectivity index (χ0) is 14.1. The molecule has 0 radical (unpaired) electrons. The van der Waals surface area contributed by atoms with Crippen molar-refractivity contribution in [2.24, 2.45) is 5.73 Å². The number of nitrogens with two attached hydrogens (primary N) is 1. The minimum atomic E-state index is -0.302. The van der Waals surface area contributed by atoms with Gasteiger partial charge < -0.3 is 5.73 Å². The van der Waals surface area contributed by atoms with E-state index in [-0.39, 0.29) is 32.8 Å². The van der Waals surface area contributed by atoms with Gasteiger partial charge in [0.15, 0.2) is 5.65 Å². The number of fused-ring (bicyclic) bond motifs is 1. The van der Waals surface area contributed by atoms with Crippen molar-refractivity contribution in [3.05, 3.63) is 54.1 Å². The molecule has 0 saturated carbocycles. The van der Waals surface area contributed by atoms with E-state index in [0.29, 0.717) is 16.9 Å². The van der Waals surface area contributed by atoms with E-state index in [1.807, 2.05) is 13.0 Å². The van der Waals surface area contributed by atoms with Gasteiger partial charge in [-0.25, -0.2) is 13.9 Å². The van der Waals surface area contributed by atoms with Crippen molar-refractivity contribution in [1.82, 2.24) is 14.6 Å². The lowest BCUT2D eigenvalue weighted by molar-refractivity contribution is 0.628. The molecule has 0 saturated heterocycles. The summed E-state index contributed by atoms with van der Waals surface area (Å²) in [6.45, 7) is 1.99. The predicted molar refractivity (Wildman–Crippen MR) is 92.7 cm³/mol. The molecule has 0 fully saturated rings. The van der Waals surface area contributed by atoms with Crippen molar-refractivity contribution in [1.29, 1.82) is 0 Å². The Morgan fingerprint density at radius 1 is 1.32 bits per heavy atom. The molecule has 0 spiro atoms. The molecule has 0 bridgehead atoms. The summed E-state index contributed by atoms with van der Waals surface area (Å²) in [5.74, 6) is -0.302. The predicted octanol–water partition coefficient (Wildman–Crippen LogP) is 3.69. The Balaban J connectivity index is 0.00000121. The second-order valence-electron chi connectivity index (χ2n) is 4.67. The molecule has 3 rings (SSSR count). The highest BCUT2D eigenvalue weighted by Crippen LogP contribution is 2.29. The number of nitrogens with zero attached hydrogens (tertiary/aromatic N) is 3. The molecule has 1 aromatic carbocycles. The Morgan fingerprint density at radius 3 is 2.73 bits per heavy atom. The van der Waals surface area contributed by atoms with Gasteiger partial charge in [0.25, 0.3) is 0 Å². The van der Waals surface area contributed by atoms with Crippen molar-refractivity contribution < 1.29 is 4.39 Å². The second kappa shape index (κ2) is 7.38. The van der Waals surface area contributed by atoms with Gasteiger partial charge in [-0.15, -0.1) is 0 Å². The topological polar surface area (TPSA) is 56.2 Å². The zero-order valence-corrected chi connectivity index (χ0v) is 12.6. The van der Waals surface area contributed by atoms with E-state index in [9.17, 15) is 4.39 Å². The molecular weight excluding hydrogens is 299 g/mol. The molecule has 0 aliphatic rings. The summed E-state index contributed by atoms with van der Waals surface area (Å²) >= 11 is 0. The van der Waals surface area contributed by atoms with Gasteiger partial charge in [0.1, 0.15) is 5.82 Å². The van der Waals surface area contributed by atoms with Crippen LogP contribution in [0.5, 0.6) is 0 Å². The first-order chi connectivity index (χ1) is 9.70. The van der Waals surface area contributed by atoms with Crippen molar-refractivity contribution >= 4 is 19.1 Å². The maximum atomic E-state index is 14.0. The molecule has 0 unspecified atom stereocenters. The fourth-order valence-electron chi connectivity index (χ4n) is 2.23. The lowest BCUT2D eigenvalue weighted by Gasteiger charge is -2.15. The fourth-order valence-corrected chi connectivity index (χ4v) is 2.23. The van der Waals surface area contributed by atoms with Crippen LogP contribution < -0.4 is 5.73 Å². The Bertz CT molecular complexity index is 757. The van der Waals surface area contributed by atoms with E-state index in [1.54, 1.807) is 35.1 Å². The smallest absolute Gasteiger partial charge is 0.153 e. The largest absolute Gasteiger partial charge is 0.324 e. The van der Waals surface area contributed by atoms with E-state index in [4.69, 9.17) is 5.73 Å². The minimum Gasteiger partial charge on any atom is -0.324 e. The third-order valence-electron chi connectivity index (χ3n) is 3.38. The molecule has 118 valence electrons. The van der Waals surface area contributed by atoms with Crippen LogP contribution >= 0.6 is 13.5 Å². The first-order valence-corrected chi connectivity index (χ1v) is 6.55. The van der Waals surface area contributed by atoms with Gasteiger partial charge >= 0.3 is 0 Å². The van der Waals surface area contributed by atoms with Crippen LogP contribution in [0.1, 0.15) is 32.4 Å². The average Bonchev–Trinajstić information content (AvgIpc) is 2.93. The first kappa shape index (κ1) is 18.1. The number of halogens is 1.